The number of hydrogen-bond donors (Lipinski definition) is 1. The van der Waals surface area contributed by atoms with Gasteiger partial charge < -0.3 is 0 Å². The monoisotopic (exact) mass is 340 g/mol. The van der Waals surface area contributed by atoms with Crippen LogP contribution in [0.1, 0.15) is 19.4 Å². The maximum Gasteiger partial charge on any atom is 0.418 e. The summed E-state index contributed by atoms with van der Waals surface area (Å²) in [5, 5.41) is 7.38. The molecule has 0 fully saturated rings. The quantitative estimate of drug-likeness (QED) is 0.538. The first-order valence-corrected chi connectivity index (χ1v) is 8.15. The molecule has 1 aromatic carbocycles. The fraction of sp³-hybridized carbons (Fsp3) is 0.267. The second-order valence-electron chi connectivity index (χ2n) is 4.23. The second-order valence-corrected chi connectivity index (χ2v) is 5.00. The molecule has 0 aliphatic rings. The summed E-state index contributed by atoms with van der Waals surface area (Å²) in [5.41, 5.74) is 0.0935. The van der Waals surface area contributed by atoms with Crippen molar-refractivity contribution >= 4 is 22.7 Å². The van der Waals surface area contributed by atoms with Crippen molar-refractivity contribution in [2.24, 2.45) is 0 Å². The Kier molecular flexibility index (Phi) is 5.25. The van der Waals surface area contributed by atoms with Gasteiger partial charge >= 0.3 is 6.18 Å². The van der Waals surface area contributed by atoms with Crippen molar-refractivity contribution < 1.29 is 13.2 Å². The van der Waals surface area contributed by atoms with Crippen molar-refractivity contribution in [3.8, 4) is 11.4 Å². The molecule has 0 bridgehead atoms. The van der Waals surface area contributed by atoms with Gasteiger partial charge in [0.15, 0.2) is 5.16 Å². The maximum absolute atomic E-state index is 13.0. The zero-order valence-electron chi connectivity index (χ0n) is 12.8. The van der Waals surface area contributed by atoms with Crippen LogP contribution in [0.25, 0.3) is 22.3 Å². The minimum absolute atomic E-state index is 0.107. The number of nitrogens with zero attached hydrogens (tertiary/aromatic N) is 3. The molecule has 0 unspecified atom stereocenters. The summed E-state index contributed by atoms with van der Waals surface area (Å²) in [5.74, 6) is 0. The van der Waals surface area contributed by atoms with Crippen LogP contribution in [0.5, 0.6) is 0 Å². The molecular formula is C15H15F3N4S. The first-order chi connectivity index (χ1) is 11.0. The highest BCUT2D eigenvalue weighted by atomic mass is 32.2. The molecule has 122 valence electrons. The molecule has 0 spiro atoms. The van der Waals surface area contributed by atoms with Crippen molar-refractivity contribution in [2.75, 3.05) is 6.26 Å². The number of thioether (sulfide) groups is 1. The summed E-state index contributed by atoms with van der Waals surface area (Å²) in [4.78, 5) is 8.32. The molecule has 2 aromatic heterocycles. The Balaban J connectivity index is 0.000000924. The number of H-pyrrole nitrogens is 1. The van der Waals surface area contributed by atoms with Crippen molar-refractivity contribution in [3.05, 3.63) is 36.0 Å². The van der Waals surface area contributed by atoms with E-state index in [9.17, 15) is 13.2 Å². The lowest BCUT2D eigenvalue weighted by Gasteiger charge is -2.06. The molecule has 2 heterocycles. The van der Waals surface area contributed by atoms with Crippen molar-refractivity contribution in [1.82, 2.24) is 20.2 Å². The van der Waals surface area contributed by atoms with Crippen LogP contribution >= 0.6 is 11.8 Å². The van der Waals surface area contributed by atoms with Crippen LogP contribution in [0.2, 0.25) is 0 Å². The lowest BCUT2D eigenvalue weighted by Crippen LogP contribution is -2.05. The summed E-state index contributed by atoms with van der Waals surface area (Å²) in [6.07, 6.45) is -1.05. The van der Waals surface area contributed by atoms with Crippen LogP contribution in [0.4, 0.5) is 13.2 Å². The number of hydrogen-bond acceptors (Lipinski definition) is 4. The third kappa shape index (κ3) is 3.47. The number of halogens is 3. The van der Waals surface area contributed by atoms with Gasteiger partial charge in [0.2, 0.25) is 0 Å². The smallest absolute Gasteiger partial charge is 0.275 e. The van der Waals surface area contributed by atoms with E-state index in [1.54, 1.807) is 18.3 Å². The first kappa shape index (κ1) is 17.3. The fourth-order valence-electron chi connectivity index (χ4n) is 2.04. The topological polar surface area (TPSA) is 54.5 Å². The Bertz CT molecular complexity index is 799. The highest BCUT2D eigenvalue weighted by Crippen LogP contribution is 2.36. The standard InChI is InChI=1S/C13H9F3N4S.C2H6/c1-21-12-17-6-5-9(18-12)11-7-3-2-4-8(13(14,15)16)10(7)19-20-11;1-2/h2-6H,1H3,(H,19,20);1-2H3. The molecule has 0 aliphatic heterocycles. The number of para-hydroxylation sites is 1. The molecule has 4 nitrogen and oxygen atoms in total. The van der Waals surface area contributed by atoms with E-state index in [2.05, 4.69) is 20.2 Å². The van der Waals surface area contributed by atoms with Gasteiger partial charge in [0.05, 0.1) is 17.0 Å². The predicted molar refractivity (Wildman–Crippen MR) is 85.3 cm³/mol. The normalized spacial score (nSPS) is 11.2. The fourth-order valence-corrected chi connectivity index (χ4v) is 2.40. The highest BCUT2D eigenvalue weighted by molar-refractivity contribution is 7.98. The molecule has 0 amide bonds. The molecule has 23 heavy (non-hydrogen) atoms. The van der Waals surface area contributed by atoms with E-state index < -0.39 is 11.7 Å². The van der Waals surface area contributed by atoms with E-state index in [0.717, 1.165) is 6.07 Å². The first-order valence-electron chi connectivity index (χ1n) is 6.92. The molecular weight excluding hydrogens is 325 g/mol. The predicted octanol–water partition coefficient (Wildman–Crippen LogP) is 4.79. The summed E-state index contributed by atoms with van der Waals surface area (Å²) in [6.45, 7) is 4.00. The SMILES string of the molecule is CC.CSc1nccc(-c2[nH]nc3c(C(F)(F)F)cccc23)n1. The Morgan fingerprint density at radius 1 is 1.13 bits per heavy atom. The maximum atomic E-state index is 13.0. The largest absolute Gasteiger partial charge is 0.418 e. The van der Waals surface area contributed by atoms with E-state index in [0.29, 0.717) is 21.9 Å². The summed E-state index contributed by atoms with van der Waals surface area (Å²) in [7, 11) is 0. The Labute approximate surface area is 135 Å². The lowest BCUT2D eigenvalue weighted by molar-refractivity contribution is -0.136. The highest BCUT2D eigenvalue weighted by Gasteiger charge is 2.34. The third-order valence-corrected chi connectivity index (χ3v) is 3.52. The van der Waals surface area contributed by atoms with E-state index in [1.165, 1.54) is 17.8 Å². The van der Waals surface area contributed by atoms with Gasteiger partial charge in [0.1, 0.15) is 5.52 Å². The Morgan fingerprint density at radius 2 is 1.87 bits per heavy atom. The van der Waals surface area contributed by atoms with Crippen molar-refractivity contribution in [1.29, 1.82) is 0 Å². The average molecular weight is 340 g/mol. The number of benzene rings is 1. The molecule has 3 aromatic rings. The molecule has 0 radical (unpaired) electrons. The molecule has 0 aliphatic carbocycles. The van der Waals surface area contributed by atoms with Crippen molar-refractivity contribution in [3.63, 3.8) is 0 Å². The minimum atomic E-state index is -4.44. The van der Waals surface area contributed by atoms with E-state index >= 15 is 0 Å². The zero-order chi connectivity index (χ0) is 17.0. The number of rotatable bonds is 2. The summed E-state index contributed by atoms with van der Waals surface area (Å²) >= 11 is 1.36. The molecule has 8 heteroatoms. The van der Waals surface area contributed by atoms with E-state index in [4.69, 9.17) is 0 Å². The van der Waals surface area contributed by atoms with Gasteiger partial charge in [0, 0.05) is 11.6 Å². The van der Waals surface area contributed by atoms with Crippen LogP contribution in [0, 0.1) is 0 Å². The third-order valence-electron chi connectivity index (χ3n) is 2.96. The minimum Gasteiger partial charge on any atom is -0.275 e. The van der Waals surface area contributed by atoms with Gasteiger partial charge in [-0.2, -0.15) is 18.3 Å². The molecule has 0 atom stereocenters. The number of aromatic nitrogens is 4. The molecule has 0 saturated heterocycles. The van der Waals surface area contributed by atoms with Gasteiger partial charge in [-0.3, -0.25) is 5.10 Å². The number of alkyl halides is 3. The number of fused-ring (bicyclic) bond motifs is 1. The van der Waals surface area contributed by atoms with E-state index in [-0.39, 0.29) is 5.52 Å². The van der Waals surface area contributed by atoms with Gasteiger partial charge in [-0.05, 0) is 18.4 Å². The zero-order valence-corrected chi connectivity index (χ0v) is 13.6. The van der Waals surface area contributed by atoms with Crippen LogP contribution in [-0.2, 0) is 6.18 Å². The molecule has 0 saturated carbocycles. The van der Waals surface area contributed by atoms with Gasteiger partial charge in [0.25, 0.3) is 0 Å². The molecule has 3 rings (SSSR count). The van der Waals surface area contributed by atoms with Crippen LogP contribution in [-0.4, -0.2) is 26.4 Å². The Morgan fingerprint density at radius 3 is 2.52 bits per heavy atom. The van der Waals surface area contributed by atoms with Crippen LogP contribution in [0.3, 0.4) is 0 Å². The summed E-state index contributed by atoms with van der Waals surface area (Å²) < 4.78 is 38.9. The van der Waals surface area contributed by atoms with Gasteiger partial charge in [-0.1, -0.05) is 37.7 Å². The Hall–Kier alpha value is -2.09. The number of nitrogens with one attached hydrogen (secondary N) is 1. The summed E-state index contributed by atoms with van der Waals surface area (Å²) in [6, 6.07) is 5.60. The molecule has 1 N–H and O–H groups in total. The number of aromatic amines is 1. The van der Waals surface area contributed by atoms with Gasteiger partial charge in [-0.15, -0.1) is 0 Å². The lowest BCUT2D eigenvalue weighted by atomic mass is 10.1. The average Bonchev–Trinajstić information content (AvgIpc) is 2.99. The van der Waals surface area contributed by atoms with Crippen LogP contribution in [0.15, 0.2) is 35.6 Å². The van der Waals surface area contributed by atoms with Gasteiger partial charge in [-0.25, -0.2) is 9.97 Å². The van der Waals surface area contributed by atoms with Crippen LogP contribution < -0.4 is 0 Å². The second kappa shape index (κ2) is 6.99. The van der Waals surface area contributed by atoms with Crippen molar-refractivity contribution in [2.45, 2.75) is 25.2 Å². The van der Waals surface area contributed by atoms with E-state index in [1.807, 2.05) is 20.1 Å².